The van der Waals surface area contributed by atoms with E-state index in [4.69, 9.17) is 0 Å². The van der Waals surface area contributed by atoms with Crippen LogP contribution in [-0.4, -0.2) is 10.9 Å². The van der Waals surface area contributed by atoms with Gasteiger partial charge in [0.1, 0.15) is 0 Å². The molecular formula is C15H20N2O. The fourth-order valence-corrected chi connectivity index (χ4v) is 1.20. The van der Waals surface area contributed by atoms with Gasteiger partial charge < -0.3 is 5.32 Å². The molecule has 1 N–H and O–H groups in total. The number of pyridine rings is 1. The Morgan fingerprint density at radius 1 is 1.44 bits per heavy atom. The van der Waals surface area contributed by atoms with Gasteiger partial charge in [-0.25, -0.2) is 0 Å². The van der Waals surface area contributed by atoms with E-state index in [2.05, 4.69) is 29.1 Å². The molecule has 0 bridgehead atoms. The summed E-state index contributed by atoms with van der Waals surface area (Å²) in [4.78, 5) is 16.0. The van der Waals surface area contributed by atoms with Gasteiger partial charge in [-0.1, -0.05) is 39.5 Å². The summed E-state index contributed by atoms with van der Waals surface area (Å²) in [6.45, 7) is 7.72. The van der Waals surface area contributed by atoms with E-state index in [1.807, 2.05) is 26.8 Å². The SMILES string of the molecule is CCCC#Cc1ccncc1NC(=O)C(C)(C)C. The average molecular weight is 244 g/mol. The Hall–Kier alpha value is -1.82. The first-order chi connectivity index (χ1) is 8.45. The minimum absolute atomic E-state index is 0.0333. The van der Waals surface area contributed by atoms with Crippen molar-refractivity contribution in [2.24, 2.45) is 5.41 Å². The minimum atomic E-state index is -0.427. The van der Waals surface area contributed by atoms with Crippen LogP contribution in [-0.2, 0) is 4.79 Å². The van der Waals surface area contributed by atoms with Crippen LogP contribution in [0.25, 0.3) is 0 Å². The largest absolute Gasteiger partial charge is 0.323 e. The normalized spacial score (nSPS) is 10.4. The Labute approximate surface area is 109 Å². The molecule has 1 aromatic heterocycles. The van der Waals surface area contributed by atoms with Crippen LogP contribution in [0.15, 0.2) is 18.5 Å². The van der Waals surface area contributed by atoms with E-state index in [1.165, 1.54) is 0 Å². The molecule has 0 saturated heterocycles. The standard InChI is InChI=1S/C15H20N2O/c1-5-6-7-8-12-9-10-16-11-13(12)17-14(18)15(2,3)4/h9-11H,5-6H2,1-4H3,(H,17,18). The molecule has 3 heteroatoms. The first-order valence-electron chi connectivity index (χ1n) is 6.19. The van der Waals surface area contributed by atoms with Crippen molar-refractivity contribution in [1.82, 2.24) is 4.98 Å². The molecule has 18 heavy (non-hydrogen) atoms. The summed E-state index contributed by atoms with van der Waals surface area (Å²) in [5.41, 5.74) is 1.07. The second kappa shape index (κ2) is 6.20. The van der Waals surface area contributed by atoms with Crippen LogP contribution in [0.2, 0.25) is 0 Å². The Kier molecular flexibility index (Phi) is 4.91. The van der Waals surface area contributed by atoms with Crippen molar-refractivity contribution >= 4 is 11.6 Å². The lowest BCUT2D eigenvalue weighted by Gasteiger charge is -2.18. The number of unbranched alkanes of at least 4 members (excludes halogenated alkanes) is 1. The highest BCUT2D eigenvalue weighted by molar-refractivity contribution is 5.95. The van der Waals surface area contributed by atoms with E-state index in [0.29, 0.717) is 5.69 Å². The van der Waals surface area contributed by atoms with Gasteiger partial charge in [-0.05, 0) is 12.5 Å². The second-order valence-electron chi connectivity index (χ2n) is 5.18. The summed E-state index contributed by atoms with van der Waals surface area (Å²) in [5.74, 6) is 6.11. The van der Waals surface area contributed by atoms with Crippen molar-refractivity contribution in [3.05, 3.63) is 24.0 Å². The molecule has 3 nitrogen and oxygen atoms in total. The quantitative estimate of drug-likeness (QED) is 0.812. The zero-order valence-corrected chi connectivity index (χ0v) is 11.5. The van der Waals surface area contributed by atoms with Gasteiger partial charge in [-0.2, -0.15) is 0 Å². The van der Waals surface area contributed by atoms with E-state index in [1.54, 1.807) is 12.4 Å². The average Bonchev–Trinajstić information content (AvgIpc) is 2.30. The third-order valence-corrected chi connectivity index (χ3v) is 2.35. The number of nitrogens with one attached hydrogen (secondary N) is 1. The predicted octanol–water partition coefficient (Wildman–Crippen LogP) is 3.22. The number of carbonyl (C=O) groups excluding carboxylic acids is 1. The molecule has 1 rings (SSSR count). The van der Waals surface area contributed by atoms with Gasteiger partial charge in [0, 0.05) is 18.0 Å². The van der Waals surface area contributed by atoms with E-state index in [9.17, 15) is 4.79 Å². The molecule has 0 fully saturated rings. The molecule has 0 aliphatic heterocycles. The molecule has 1 amide bonds. The Balaban J connectivity index is 2.90. The summed E-state index contributed by atoms with van der Waals surface area (Å²) in [5, 5.41) is 2.87. The lowest BCUT2D eigenvalue weighted by atomic mass is 9.95. The lowest BCUT2D eigenvalue weighted by Crippen LogP contribution is -2.28. The molecule has 1 heterocycles. The number of hydrogen-bond acceptors (Lipinski definition) is 2. The van der Waals surface area contributed by atoms with Gasteiger partial charge in [0.25, 0.3) is 0 Å². The van der Waals surface area contributed by atoms with E-state index < -0.39 is 5.41 Å². The van der Waals surface area contributed by atoms with Gasteiger partial charge >= 0.3 is 0 Å². The predicted molar refractivity (Wildman–Crippen MR) is 74.1 cm³/mol. The van der Waals surface area contributed by atoms with Crippen molar-refractivity contribution in [3.63, 3.8) is 0 Å². The summed E-state index contributed by atoms with van der Waals surface area (Å²) < 4.78 is 0. The molecule has 0 radical (unpaired) electrons. The van der Waals surface area contributed by atoms with Gasteiger partial charge in [0.15, 0.2) is 0 Å². The maximum absolute atomic E-state index is 11.9. The first kappa shape index (κ1) is 14.2. The number of amides is 1. The van der Waals surface area contributed by atoms with E-state index in [-0.39, 0.29) is 5.91 Å². The van der Waals surface area contributed by atoms with Gasteiger partial charge in [0.05, 0.1) is 17.4 Å². The van der Waals surface area contributed by atoms with Crippen LogP contribution in [0, 0.1) is 17.3 Å². The fourth-order valence-electron chi connectivity index (χ4n) is 1.20. The summed E-state index contributed by atoms with van der Waals surface area (Å²) >= 11 is 0. The maximum Gasteiger partial charge on any atom is 0.229 e. The molecule has 0 spiro atoms. The van der Waals surface area contributed by atoms with Crippen LogP contribution in [0.4, 0.5) is 5.69 Å². The number of aromatic nitrogens is 1. The van der Waals surface area contributed by atoms with Gasteiger partial charge in [0.2, 0.25) is 5.91 Å². The van der Waals surface area contributed by atoms with E-state index >= 15 is 0 Å². The van der Waals surface area contributed by atoms with Crippen molar-refractivity contribution in [3.8, 4) is 11.8 Å². The number of hydrogen-bond donors (Lipinski definition) is 1. The molecule has 0 unspecified atom stereocenters. The molecule has 0 aliphatic carbocycles. The molecule has 0 saturated carbocycles. The van der Waals surface area contributed by atoms with Crippen molar-refractivity contribution in [1.29, 1.82) is 0 Å². The summed E-state index contributed by atoms with van der Waals surface area (Å²) in [7, 11) is 0. The molecule has 0 atom stereocenters. The summed E-state index contributed by atoms with van der Waals surface area (Å²) in [6.07, 6.45) is 5.21. The second-order valence-corrected chi connectivity index (χ2v) is 5.18. The highest BCUT2D eigenvalue weighted by Crippen LogP contribution is 2.19. The van der Waals surface area contributed by atoms with Crippen molar-refractivity contribution in [2.75, 3.05) is 5.32 Å². The van der Waals surface area contributed by atoms with Crippen LogP contribution in [0.5, 0.6) is 0 Å². The van der Waals surface area contributed by atoms with E-state index in [0.717, 1.165) is 18.4 Å². The third kappa shape index (κ3) is 4.21. The van der Waals surface area contributed by atoms with Crippen LogP contribution in [0.1, 0.15) is 46.1 Å². The Bertz CT molecular complexity index is 475. The number of nitrogens with zero attached hydrogens (tertiary/aromatic N) is 1. The van der Waals surface area contributed by atoms with Crippen molar-refractivity contribution < 1.29 is 4.79 Å². The fraction of sp³-hybridized carbons (Fsp3) is 0.467. The van der Waals surface area contributed by atoms with Crippen LogP contribution in [0.3, 0.4) is 0 Å². The van der Waals surface area contributed by atoms with Crippen LogP contribution < -0.4 is 5.32 Å². The first-order valence-corrected chi connectivity index (χ1v) is 6.19. The topological polar surface area (TPSA) is 42.0 Å². The third-order valence-electron chi connectivity index (χ3n) is 2.35. The number of carbonyl (C=O) groups is 1. The molecule has 0 aliphatic rings. The lowest BCUT2D eigenvalue weighted by molar-refractivity contribution is -0.123. The number of anilines is 1. The van der Waals surface area contributed by atoms with Crippen LogP contribution >= 0.6 is 0 Å². The zero-order chi connectivity index (χ0) is 13.6. The van der Waals surface area contributed by atoms with Crippen molar-refractivity contribution in [2.45, 2.75) is 40.5 Å². The minimum Gasteiger partial charge on any atom is -0.323 e. The maximum atomic E-state index is 11.9. The zero-order valence-electron chi connectivity index (χ0n) is 11.5. The summed E-state index contributed by atoms with van der Waals surface area (Å²) in [6, 6.07) is 1.82. The highest BCUT2D eigenvalue weighted by Gasteiger charge is 2.21. The Morgan fingerprint density at radius 2 is 2.17 bits per heavy atom. The molecule has 0 aromatic carbocycles. The smallest absolute Gasteiger partial charge is 0.229 e. The molecular weight excluding hydrogens is 224 g/mol. The van der Waals surface area contributed by atoms with Gasteiger partial charge in [-0.15, -0.1) is 0 Å². The number of rotatable bonds is 2. The Morgan fingerprint density at radius 3 is 2.78 bits per heavy atom. The van der Waals surface area contributed by atoms with Gasteiger partial charge in [-0.3, -0.25) is 9.78 Å². The highest BCUT2D eigenvalue weighted by atomic mass is 16.2. The monoisotopic (exact) mass is 244 g/mol. The molecule has 1 aromatic rings. The molecule has 96 valence electrons.